The fourth-order valence-corrected chi connectivity index (χ4v) is 1.66. The second kappa shape index (κ2) is 3.00. The molecule has 0 spiro atoms. The van der Waals surface area contributed by atoms with Gasteiger partial charge in [-0.2, -0.15) is 0 Å². The molecule has 1 aliphatic heterocycles. The maximum atomic E-state index is 12.8. The van der Waals surface area contributed by atoms with E-state index in [9.17, 15) is 4.39 Å². The summed E-state index contributed by atoms with van der Waals surface area (Å²) >= 11 is 0. The van der Waals surface area contributed by atoms with Crippen LogP contribution in [0.15, 0.2) is 18.2 Å². The molecule has 0 amide bonds. The number of benzene rings is 1. The normalized spacial score (nSPS) is 25.5. The van der Waals surface area contributed by atoms with Crippen LogP contribution in [0.5, 0.6) is 5.75 Å². The molecule has 2 atom stereocenters. The highest BCUT2D eigenvalue weighted by Gasteiger charge is 2.30. The number of fused-ring (bicyclic) bond motifs is 1. The highest BCUT2D eigenvalue weighted by atomic mass is 19.1. The van der Waals surface area contributed by atoms with E-state index in [-0.39, 0.29) is 18.0 Å². The largest absolute Gasteiger partial charge is 0.488 e. The van der Waals surface area contributed by atoms with Gasteiger partial charge in [0, 0.05) is 11.6 Å². The van der Waals surface area contributed by atoms with Crippen molar-refractivity contribution in [1.82, 2.24) is 0 Å². The predicted octanol–water partition coefficient (Wildman–Crippen LogP) is 2.00. The fourth-order valence-electron chi connectivity index (χ4n) is 1.66. The first-order valence-electron chi connectivity index (χ1n) is 4.44. The Kier molecular flexibility index (Phi) is 1.96. The summed E-state index contributed by atoms with van der Waals surface area (Å²) in [5, 5.41) is 0. The molecule has 0 fully saturated rings. The SMILES string of the molecule is CCC1Oc2cc(F)ccc2C1N. The van der Waals surface area contributed by atoms with Crippen LogP contribution in [0.2, 0.25) is 0 Å². The summed E-state index contributed by atoms with van der Waals surface area (Å²) in [6.45, 7) is 2.01. The van der Waals surface area contributed by atoms with Crippen LogP contribution in [0.1, 0.15) is 24.9 Å². The first kappa shape index (κ1) is 8.51. The van der Waals surface area contributed by atoms with Crippen molar-refractivity contribution in [3.05, 3.63) is 29.6 Å². The molecule has 0 aromatic heterocycles. The lowest BCUT2D eigenvalue weighted by atomic mass is 10.0. The highest BCUT2D eigenvalue weighted by molar-refractivity contribution is 5.40. The Bertz CT molecular complexity index is 327. The lowest BCUT2D eigenvalue weighted by Crippen LogP contribution is -2.24. The Morgan fingerprint density at radius 3 is 3.00 bits per heavy atom. The lowest BCUT2D eigenvalue weighted by molar-refractivity contribution is 0.202. The van der Waals surface area contributed by atoms with E-state index in [2.05, 4.69) is 0 Å². The van der Waals surface area contributed by atoms with Gasteiger partial charge >= 0.3 is 0 Å². The zero-order chi connectivity index (χ0) is 9.42. The van der Waals surface area contributed by atoms with Crippen LogP contribution >= 0.6 is 0 Å². The molecule has 0 saturated carbocycles. The van der Waals surface area contributed by atoms with Gasteiger partial charge in [0.15, 0.2) is 0 Å². The van der Waals surface area contributed by atoms with Crippen molar-refractivity contribution in [2.75, 3.05) is 0 Å². The first-order chi connectivity index (χ1) is 6.22. The maximum absolute atomic E-state index is 12.8. The molecule has 0 aliphatic carbocycles. The first-order valence-corrected chi connectivity index (χ1v) is 4.44. The molecule has 2 N–H and O–H groups in total. The summed E-state index contributed by atoms with van der Waals surface area (Å²) in [7, 11) is 0. The summed E-state index contributed by atoms with van der Waals surface area (Å²) in [5.74, 6) is 0.321. The maximum Gasteiger partial charge on any atom is 0.127 e. The lowest BCUT2D eigenvalue weighted by Gasteiger charge is -2.11. The van der Waals surface area contributed by atoms with E-state index < -0.39 is 0 Å². The van der Waals surface area contributed by atoms with Crippen LogP contribution < -0.4 is 10.5 Å². The summed E-state index contributed by atoms with van der Waals surface area (Å²) < 4.78 is 18.3. The zero-order valence-electron chi connectivity index (χ0n) is 7.46. The van der Waals surface area contributed by atoms with Crippen molar-refractivity contribution in [3.8, 4) is 5.75 Å². The van der Waals surface area contributed by atoms with Gasteiger partial charge in [0.25, 0.3) is 0 Å². The monoisotopic (exact) mass is 181 g/mol. The Labute approximate surface area is 76.5 Å². The molecule has 1 aromatic rings. The van der Waals surface area contributed by atoms with Crippen molar-refractivity contribution in [2.24, 2.45) is 5.73 Å². The van der Waals surface area contributed by atoms with Crippen molar-refractivity contribution >= 4 is 0 Å². The number of ether oxygens (including phenoxy) is 1. The van der Waals surface area contributed by atoms with Gasteiger partial charge in [-0.1, -0.05) is 13.0 Å². The third-order valence-corrected chi connectivity index (χ3v) is 2.42. The van der Waals surface area contributed by atoms with Crippen LogP contribution in [0.4, 0.5) is 4.39 Å². The van der Waals surface area contributed by atoms with Crippen LogP contribution in [0, 0.1) is 5.82 Å². The van der Waals surface area contributed by atoms with E-state index in [4.69, 9.17) is 10.5 Å². The fraction of sp³-hybridized carbons (Fsp3) is 0.400. The molecule has 0 bridgehead atoms. The number of nitrogens with two attached hydrogens (primary N) is 1. The zero-order valence-corrected chi connectivity index (χ0v) is 7.46. The Morgan fingerprint density at radius 1 is 1.54 bits per heavy atom. The minimum absolute atomic E-state index is 0.00296. The minimum Gasteiger partial charge on any atom is -0.488 e. The van der Waals surface area contributed by atoms with Gasteiger partial charge in [-0.25, -0.2) is 4.39 Å². The van der Waals surface area contributed by atoms with Crippen LogP contribution in [-0.2, 0) is 0 Å². The average Bonchev–Trinajstić information content (AvgIpc) is 2.42. The molecular formula is C10H12FNO. The number of halogens is 1. The van der Waals surface area contributed by atoms with Crippen LogP contribution in [0.25, 0.3) is 0 Å². The second-order valence-corrected chi connectivity index (χ2v) is 3.27. The summed E-state index contributed by atoms with van der Waals surface area (Å²) in [6, 6.07) is 4.40. The molecule has 2 unspecified atom stereocenters. The van der Waals surface area contributed by atoms with Gasteiger partial charge in [0.05, 0.1) is 6.04 Å². The smallest absolute Gasteiger partial charge is 0.127 e. The van der Waals surface area contributed by atoms with Gasteiger partial charge in [-0.05, 0) is 12.5 Å². The van der Waals surface area contributed by atoms with Crippen molar-refractivity contribution in [1.29, 1.82) is 0 Å². The van der Waals surface area contributed by atoms with E-state index in [1.54, 1.807) is 6.07 Å². The van der Waals surface area contributed by atoms with Gasteiger partial charge in [-0.15, -0.1) is 0 Å². The Balaban J connectivity index is 2.38. The molecular weight excluding hydrogens is 169 g/mol. The molecule has 2 nitrogen and oxygen atoms in total. The average molecular weight is 181 g/mol. The van der Waals surface area contributed by atoms with Gasteiger partial charge in [0.1, 0.15) is 17.7 Å². The summed E-state index contributed by atoms with van der Waals surface area (Å²) in [6.07, 6.45) is 0.842. The quantitative estimate of drug-likeness (QED) is 0.719. The van der Waals surface area contributed by atoms with E-state index in [0.29, 0.717) is 5.75 Å². The molecule has 2 rings (SSSR count). The minimum atomic E-state index is -0.275. The van der Waals surface area contributed by atoms with Gasteiger partial charge in [-0.3, -0.25) is 0 Å². The van der Waals surface area contributed by atoms with Crippen molar-refractivity contribution < 1.29 is 9.13 Å². The Morgan fingerprint density at radius 2 is 2.31 bits per heavy atom. The van der Waals surface area contributed by atoms with Crippen molar-refractivity contribution in [2.45, 2.75) is 25.5 Å². The van der Waals surface area contributed by atoms with Gasteiger partial charge < -0.3 is 10.5 Å². The Hall–Kier alpha value is -1.09. The van der Waals surface area contributed by atoms with Gasteiger partial charge in [0.2, 0.25) is 0 Å². The third kappa shape index (κ3) is 1.29. The molecule has 1 heterocycles. The number of hydrogen-bond donors (Lipinski definition) is 1. The van der Waals surface area contributed by atoms with Crippen LogP contribution in [0.3, 0.4) is 0 Å². The molecule has 70 valence electrons. The molecule has 13 heavy (non-hydrogen) atoms. The molecule has 1 aliphatic rings. The molecule has 0 radical (unpaired) electrons. The van der Waals surface area contributed by atoms with E-state index in [1.165, 1.54) is 12.1 Å². The second-order valence-electron chi connectivity index (χ2n) is 3.27. The molecule has 1 aromatic carbocycles. The van der Waals surface area contributed by atoms with E-state index in [1.807, 2.05) is 6.92 Å². The highest BCUT2D eigenvalue weighted by Crippen LogP contribution is 2.36. The topological polar surface area (TPSA) is 35.2 Å². The predicted molar refractivity (Wildman–Crippen MR) is 48.0 cm³/mol. The number of hydrogen-bond acceptors (Lipinski definition) is 2. The third-order valence-electron chi connectivity index (χ3n) is 2.42. The van der Waals surface area contributed by atoms with E-state index in [0.717, 1.165) is 12.0 Å². The summed E-state index contributed by atoms with van der Waals surface area (Å²) in [5.41, 5.74) is 6.81. The molecule has 3 heteroatoms. The van der Waals surface area contributed by atoms with Crippen LogP contribution in [-0.4, -0.2) is 6.10 Å². The van der Waals surface area contributed by atoms with Crippen molar-refractivity contribution in [3.63, 3.8) is 0 Å². The summed E-state index contributed by atoms with van der Waals surface area (Å²) in [4.78, 5) is 0. The number of rotatable bonds is 1. The molecule has 0 saturated heterocycles. The van der Waals surface area contributed by atoms with E-state index >= 15 is 0 Å². The standard InChI is InChI=1S/C10H12FNO/c1-2-8-10(12)7-4-3-6(11)5-9(7)13-8/h3-5,8,10H,2,12H2,1H3.